The van der Waals surface area contributed by atoms with E-state index in [1.165, 1.54) is 13.2 Å². The number of aryl methyl sites for hydroxylation is 1. The van der Waals surface area contributed by atoms with Crippen molar-refractivity contribution < 1.29 is 18.7 Å². The van der Waals surface area contributed by atoms with Gasteiger partial charge in [0.05, 0.1) is 20.1 Å². The molecule has 0 N–H and O–H groups in total. The molecule has 0 heterocycles. The van der Waals surface area contributed by atoms with Crippen LogP contribution in [0.15, 0.2) is 12.1 Å². The lowest BCUT2D eigenvalue weighted by Gasteiger charge is -2.08. The Labute approximate surface area is 94.2 Å². The summed E-state index contributed by atoms with van der Waals surface area (Å²) in [5.74, 6) is -0.397. The lowest BCUT2D eigenvalue weighted by Crippen LogP contribution is -2.09. The Morgan fingerprint density at radius 2 is 2.12 bits per heavy atom. The lowest BCUT2D eigenvalue weighted by atomic mass is 10.1. The highest BCUT2D eigenvalue weighted by atomic mass is 19.1. The minimum atomic E-state index is -0.449. The van der Waals surface area contributed by atoms with Gasteiger partial charge in [0.1, 0.15) is 11.6 Å². The summed E-state index contributed by atoms with van der Waals surface area (Å²) in [6, 6.07) is 2.88. The molecule has 0 unspecified atom stereocenters. The normalized spacial score (nSPS) is 10.0. The third-order valence-electron chi connectivity index (χ3n) is 2.20. The van der Waals surface area contributed by atoms with Crippen LogP contribution in [-0.2, 0) is 16.0 Å². The van der Waals surface area contributed by atoms with Crippen LogP contribution in [-0.4, -0.2) is 19.7 Å². The number of esters is 1. The number of halogens is 1. The number of hydrogen-bond donors (Lipinski definition) is 0. The second-order valence-electron chi connectivity index (χ2n) is 3.40. The van der Waals surface area contributed by atoms with E-state index >= 15 is 0 Å². The number of methoxy groups -OCH3 is 1. The molecular formula is C12H15FO3. The summed E-state index contributed by atoms with van der Waals surface area (Å²) < 4.78 is 23.3. The van der Waals surface area contributed by atoms with Gasteiger partial charge in [0.2, 0.25) is 0 Å². The molecular weight excluding hydrogens is 211 g/mol. The zero-order valence-corrected chi connectivity index (χ0v) is 9.67. The van der Waals surface area contributed by atoms with E-state index in [4.69, 9.17) is 9.47 Å². The maximum Gasteiger partial charge on any atom is 0.310 e. The molecule has 0 fully saturated rings. The van der Waals surface area contributed by atoms with E-state index in [1.54, 1.807) is 19.9 Å². The molecule has 0 aliphatic heterocycles. The minimum absolute atomic E-state index is 0.0511. The Bertz CT molecular complexity index is 388. The lowest BCUT2D eigenvalue weighted by molar-refractivity contribution is -0.142. The van der Waals surface area contributed by atoms with Crippen molar-refractivity contribution in [2.75, 3.05) is 13.7 Å². The van der Waals surface area contributed by atoms with Crippen LogP contribution in [0.25, 0.3) is 0 Å². The summed E-state index contributed by atoms with van der Waals surface area (Å²) >= 11 is 0. The van der Waals surface area contributed by atoms with Gasteiger partial charge in [-0.2, -0.15) is 0 Å². The molecule has 0 saturated carbocycles. The van der Waals surface area contributed by atoms with Crippen molar-refractivity contribution in [2.45, 2.75) is 20.3 Å². The zero-order valence-electron chi connectivity index (χ0n) is 9.67. The first-order valence-corrected chi connectivity index (χ1v) is 5.07. The Balaban J connectivity index is 2.89. The third-order valence-corrected chi connectivity index (χ3v) is 2.20. The molecule has 0 radical (unpaired) electrons. The monoisotopic (exact) mass is 226 g/mol. The summed E-state index contributed by atoms with van der Waals surface area (Å²) in [6.07, 6.45) is -0.0511. The summed E-state index contributed by atoms with van der Waals surface area (Å²) in [5, 5.41) is 0. The molecule has 1 rings (SSSR count). The maximum absolute atomic E-state index is 13.5. The van der Waals surface area contributed by atoms with Gasteiger partial charge < -0.3 is 9.47 Å². The van der Waals surface area contributed by atoms with Crippen LogP contribution in [0, 0.1) is 12.7 Å². The van der Waals surface area contributed by atoms with Crippen LogP contribution in [0.2, 0.25) is 0 Å². The predicted octanol–water partition coefficient (Wildman–Crippen LogP) is 2.25. The summed E-state index contributed by atoms with van der Waals surface area (Å²) in [5.41, 5.74) is 1.12. The molecule has 0 spiro atoms. The van der Waals surface area contributed by atoms with E-state index in [2.05, 4.69) is 0 Å². The largest absolute Gasteiger partial charge is 0.496 e. The predicted molar refractivity (Wildman–Crippen MR) is 58.0 cm³/mol. The minimum Gasteiger partial charge on any atom is -0.496 e. The van der Waals surface area contributed by atoms with Crippen molar-refractivity contribution in [2.24, 2.45) is 0 Å². The zero-order chi connectivity index (χ0) is 12.1. The standard InChI is InChI=1S/C12H15FO3/c1-4-16-12(14)6-9-5-8(2)11(15-3)7-10(9)13/h5,7H,4,6H2,1-3H3. The Hall–Kier alpha value is -1.58. The average Bonchev–Trinajstić information content (AvgIpc) is 2.23. The van der Waals surface area contributed by atoms with Crippen molar-refractivity contribution in [3.8, 4) is 5.75 Å². The van der Waals surface area contributed by atoms with Crippen LogP contribution in [0.1, 0.15) is 18.1 Å². The van der Waals surface area contributed by atoms with Gasteiger partial charge in [-0.1, -0.05) is 0 Å². The van der Waals surface area contributed by atoms with Crippen LogP contribution in [0.4, 0.5) is 4.39 Å². The molecule has 0 saturated heterocycles. The van der Waals surface area contributed by atoms with E-state index in [1.807, 2.05) is 0 Å². The highest BCUT2D eigenvalue weighted by Crippen LogP contribution is 2.22. The quantitative estimate of drug-likeness (QED) is 0.739. The fourth-order valence-electron chi connectivity index (χ4n) is 1.45. The molecule has 0 aromatic heterocycles. The highest BCUT2D eigenvalue weighted by molar-refractivity contribution is 5.72. The molecule has 88 valence electrons. The number of hydrogen-bond acceptors (Lipinski definition) is 3. The Kier molecular flexibility index (Phi) is 4.28. The second kappa shape index (κ2) is 5.49. The van der Waals surface area contributed by atoms with E-state index < -0.39 is 11.8 Å². The number of carbonyl (C=O) groups excluding carboxylic acids is 1. The van der Waals surface area contributed by atoms with Crippen molar-refractivity contribution in [3.63, 3.8) is 0 Å². The molecule has 0 bridgehead atoms. The third kappa shape index (κ3) is 2.95. The van der Waals surface area contributed by atoms with Crippen molar-refractivity contribution >= 4 is 5.97 Å². The van der Waals surface area contributed by atoms with Crippen molar-refractivity contribution in [1.29, 1.82) is 0 Å². The van der Waals surface area contributed by atoms with Crippen LogP contribution in [0.3, 0.4) is 0 Å². The van der Waals surface area contributed by atoms with Gasteiger partial charge in [-0.05, 0) is 31.0 Å². The number of benzene rings is 1. The average molecular weight is 226 g/mol. The van der Waals surface area contributed by atoms with Gasteiger partial charge in [0.15, 0.2) is 0 Å². The molecule has 0 aliphatic rings. The van der Waals surface area contributed by atoms with Gasteiger partial charge in [-0.3, -0.25) is 4.79 Å². The molecule has 4 heteroatoms. The first-order chi connectivity index (χ1) is 7.58. The molecule has 1 aromatic carbocycles. The molecule has 0 atom stereocenters. The fourth-order valence-corrected chi connectivity index (χ4v) is 1.45. The topological polar surface area (TPSA) is 35.5 Å². The SMILES string of the molecule is CCOC(=O)Cc1cc(C)c(OC)cc1F. The fraction of sp³-hybridized carbons (Fsp3) is 0.417. The Morgan fingerprint density at radius 1 is 1.44 bits per heavy atom. The van der Waals surface area contributed by atoms with Crippen molar-refractivity contribution in [3.05, 3.63) is 29.1 Å². The van der Waals surface area contributed by atoms with Gasteiger partial charge in [0.25, 0.3) is 0 Å². The summed E-state index contributed by atoms with van der Waals surface area (Å²) in [6.45, 7) is 3.82. The van der Waals surface area contributed by atoms with Gasteiger partial charge >= 0.3 is 5.97 Å². The van der Waals surface area contributed by atoms with Gasteiger partial charge in [-0.15, -0.1) is 0 Å². The first kappa shape index (κ1) is 12.5. The number of ether oxygens (including phenoxy) is 2. The summed E-state index contributed by atoms with van der Waals surface area (Å²) in [4.78, 5) is 11.2. The van der Waals surface area contributed by atoms with E-state index in [-0.39, 0.29) is 6.42 Å². The van der Waals surface area contributed by atoms with Crippen LogP contribution < -0.4 is 4.74 Å². The maximum atomic E-state index is 13.5. The Morgan fingerprint density at radius 3 is 2.69 bits per heavy atom. The molecule has 0 aliphatic carbocycles. The number of carbonyl (C=O) groups is 1. The van der Waals surface area contributed by atoms with E-state index in [9.17, 15) is 9.18 Å². The van der Waals surface area contributed by atoms with Crippen LogP contribution in [0.5, 0.6) is 5.75 Å². The molecule has 1 aromatic rings. The molecule has 0 amide bonds. The molecule has 16 heavy (non-hydrogen) atoms. The van der Waals surface area contributed by atoms with E-state index in [0.717, 1.165) is 5.56 Å². The molecule has 3 nitrogen and oxygen atoms in total. The van der Waals surface area contributed by atoms with Gasteiger partial charge in [0, 0.05) is 6.07 Å². The first-order valence-electron chi connectivity index (χ1n) is 5.07. The van der Waals surface area contributed by atoms with Crippen LogP contribution >= 0.6 is 0 Å². The van der Waals surface area contributed by atoms with Crippen molar-refractivity contribution in [1.82, 2.24) is 0 Å². The summed E-state index contributed by atoms with van der Waals surface area (Å²) in [7, 11) is 1.48. The highest BCUT2D eigenvalue weighted by Gasteiger charge is 2.12. The van der Waals surface area contributed by atoms with Gasteiger partial charge in [-0.25, -0.2) is 4.39 Å². The smallest absolute Gasteiger partial charge is 0.310 e. The van der Waals surface area contributed by atoms with E-state index in [0.29, 0.717) is 17.9 Å². The number of rotatable bonds is 4. The second-order valence-corrected chi connectivity index (χ2v) is 3.40.